The van der Waals surface area contributed by atoms with E-state index in [1.165, 1.54) is 0 Å². The van der Waals surface area contributed by atoms with E-state index >= 15 is 0 Å². The van der Waals surface area contributed by atoms with Gasteiger partial charge in [0.15, 0.2) is 0 Å². The Bertz CT molecular complexity index is 557. The van der Waals surface area contributed by atoms with Crippen LogP contribution in [0.25, 0.3) is 11.1 Å². The molecule has 0 unspecified atom stereocenters. The fourth-order valence-electron chi connectivity index (χ4n) is 2.08. The largest absolute Gasteiger partial charge is 0.0632 e. The van der Waals surface area contributed by atoms with Crippen molar-refractivity contribution >= 4 is 0 Å². The summed E-state index contributed by atoms with van der Waals surface area (Å²) in [4.78, 5) is 0. The molecule has 82 valence electrons. The molecule has 0 aliphatic rings. The lowest BCUT2D eigenvalue weighted by Crippen LogP contribution is -1.85. The zero-order chi connectivity index (χ0) is 13.4. The van der Waals surface area contributed by atoms with E-state index in [1.807, 2.05) is 52.0 Å². The van der Waals surface area contributed by atoms with E-state index in [2.05, 4.69) is 0 Å². The minimum absolute atomic E-state index is 0.527. The van der Waals surface area contributed by atoms with Gasteiger partial charge in [0.25, 0.3) is 0 Å². The fraction of sp³-hybridized carbons (Fsp3) is 0.250. The Kier molecular flexibility index (Phi) is 2.21. The highest BCUT2D eigenvalue weighted by molar-refractivity contribution is 5.66. The summed E-state index contributed by atoms with van der Waals surface area (Å²) in [7, 11) is 0. The molecule has 0 aliphatic heterocycles. The van der Waals surface area contributed by atoms with Gasteiger partial charge in [-0.25, -0.2) is 0 Å². The molecule has 2 aromatic carbocycles. The molecule has 0 heteroatoms. The van der Waals surface area contributed by atoms with Gasteiger partial charge in [-0.3, -0.25) is 0 Å². The van der Waals surface area contributed by atoms with Gasteiger partial charge in [-0.1, -0.05) is 58.6 Å². The van der Waals surface area contributed by atoms with E-state index in [-0.39, 0.29) is 0 Å². The zero-order valence-corrected chi connectivity index (χ0v) is 10.3. The molecule has 2 aromatic rings. The third kappa shape index (κ3) is 2.33. The van der Waals surface area contributed by atoms with Crippen LogP contribution in [0.3, 0.4) is 0 Å². The average Bonchev–Trinajstić information content (AvgIpc) is 2.28. The van der Waals surface area contributed by atoms with Gasteiger partial charge in [0, 0.05) is 0 Å². The van der Waals surface area contributed by atoms with Crippen molar-refractivity contribution in [2.45, 2.75) is 27.7 Å². The highest BCUT2D eigenvalue weighted by atomic mass is 14.1. The maximum Gasteiger partial charge on any atom is 0.0632 e. The lowest BCUT2D eigenvalue weighted by atomic mass is 9.98. The minimum atomic E-state index is 0.527. The van der Waals surface area contributed by atoms with E-state index in [0.717, 1.165) is 33.4 Å². The predicted molar refractivity (Wildman–Crippen MR) is 70.8 cm³/mol. The van der Waals surface area contributed by atoms with Crippen LogP contribution in [0.4, 0.5) is 0 Å². The third-order valence-electron chi connectivity index (χ3n) is 2.59. The lowest BCUT2D eigenvalue weighted by Gasteiger charge is -2.07. The van der Waals surface area contributed by atoms with Crippen LogP contribution >= 0.6 is 0 Å². The van der Waals surface area contributed by atoms with Crippen LogP contribution in [0, 0.1) is 27.7 Å². The maximum atomic E-state index is 8.18. The summed E-state index contributed by atoms with van der Waals surface area (Å²) in [5, 5.41) is 0. The summed E-state index contributed by atoms with van der Waals surface area (Å²) in [5.41, 5.74) is 5.93. The van der Waals surface area contributed by atoms with E-state index in [0.29, 0.717) is 12.1 Å². The molecule has 0 fully saturated rings. The minimum Gasteiger partial charge on any atom is -0.0563 e. The number of rotatable bonds is 1. The molecule has 0 nitrogen and oxygen atoms in total. The first-order valence-electron chi connectivity index (χ1n) is 6.56. The summed E-state index contributed by atoms with van der Waals surface area (Å²) in [6.45, 7) is 7.96. The number of aryl methyl sites for hydroxylation is 4. The van der Waals surface area contributed by atoms with Gasteiger partial charge < -0.3 is 0 Å². The smallest absolute Gasteiger partial charge is 0.0563 e. The Labute approximate surface area is 101 Å². The Hall–Kier alpha value is -1.56. The van der Waals surface area contributed by atoms with Crippen molar-refractivity contribution in [3.05, 3.63) is 58.6 Å². The lowest BCUT2D eigenvalue weighted by molar-refractivity contribution is 1.35. The molecule has 0 spiro atoms. The molecule has 0 aliphatic carbocycles. The summed E-state index contributed by atoms with van der Waals surface area (Å²) in [6, 6.07) is 9.08. The third-order valence-corrected chi connectivity index (χ3v) is 2.59. The van der Waals surface area contributed by atoms with Gasteiger partial charge in [0.2, 0.25) is 0 Å². The molecule has 0 amide bonds. The molecular weight excluding hydrogens is 192 g/mol. The standard InChI is InChI=1S/C16H18/c1-11-5-12(2)8-15(7-11)16-9-13(3)6-14(4)10-16/h5-10H,1-4H3/i7D,9D. The van der Waals surface area contributed by atoms with Crippen LogP contribution in [0.5, 0.6) is 0 Å². The first-order valence-corrected chi connectivity index (χ1v) is 5.56. The van der Waals surface area contributed by atoms with Crippen molar-refractivity contribution in [1.29, 1.82) is 0 Å². The SMILES string of the molecule is [2H]c1c(C)cc(C)cc1-c1cc(C)cc(C)c1[2H]. The molecule has 0 N–H and O–H groups in total. The summed E-state index contributed by atoms with van der Waals surface area (Å²) < 4.78 is 16.4. The normalized spacial score (nSPS) is 12.2. The van der Waals surface area contributed by atoms with Crippen molar-refractivity contribution in [3.63, 3.8) is 0 Å². The van der Waals surface area contributed by atoms with Crippen molar-refractivity contribution in [3.8, 4) is 11.1 Å². The Morgan fingerprint density at radius 3 is 1.38 bits per heavy atom. The molecular formula is C16H18. The average molecular weight is 212 g/mol. The van der Waals surface area contributed by atoms with E-state index in [9.17, 15) is 0 Å². The quantitative estimate of drug-likeness (QED) is 0.648. The maximum absolute atomic E-state index is 8.18. The summed E-state index contributed by atoms with van der Waals surface area (Å²) >= 11 is 0. The monoisotopic (exact) mass is 212 g/mol. The van der Waals surface area contributed by atoms with Crippen LogP contribution in [-0.2, 0) is 0 Å². The highest BCUT2D eigenvalue weighted by Gasteiger charge is 2.01. The topological polar surface area (TPSA) is 0 Å². The molecule has 0 bridgehead atoms. The number of benzene rings is 2. The van der Waals surface area contributed by atoms with Gasteiger partial charge in [-0.15, -0.1) is 0 Å². The Morgan fingerprint density at radius 1 is 0.625 bits per heavy atom. The predicted octanol–water partition coefficient (Wildman–Crippen LogP) is 4.59. The molecule has 0 saturated carbocycles. The number of hydrogen-bond acceptors (Lipinski definition) is 0. The molecule has 0 aromatic heterocycles. The Morgan fingerprint density at radius 2 is 1.00 bits per heavy atom. The van der Waals surface area contributed by atoms with Gasteiger partial charge in [-0.05, 0) is 38.8 Å². The van der Waals surface area contributed by atoms with Crippen LogP contribution in [0.2, 0.25) is 0 Å². The second kappa shape index (κ2) is 4.13. The molecule has 2 rings (SSSR count). The van der Waals surface area contributed by atoms with Crippen molar-refractivity contribution in [2.75, 3.05) is 0 Å². The molecule has 16 heavy (non-hydrogen) atoms. The molecule has 0 radical (unpaired) electrons. The van der Waals surface area contributed by atoms with Gasteiger partial charge >= 0.3 is 0 Å². The van der Waals surface area contributed by atoms with Crippen LogP contribution in [-0.4, -0.2) is 0 Å². The van der Waals surface area contributed by atoms with Crippen LogP contribution < -0.4 is 0 Å². The highest BCUT2D eigenvalue weighted by Crippen LogP contribution is 2.24. The van der Waals surface area contributed by atoms with E-state index in [1.54, 1.807) is 0 Å². The van der Waals surface area contributed by atoms with E-state index < -0.39 is 0 Å². The van der Waals surface area contributed by atoms with E-state index in [4.69, 9.17) is 2.74 Å². The molecule has 0 saturated heterocycles. The first-order chi connectivity index (χ1) is 8.40. The van der Waals surface area contributed by atoms with Crippen molar-refractivity contribution in [1.82, 2.24) is 0 Å². The fourth-order valence-corrected chi connectivity index (χ4v) is 2.08. The van der Waals surface area contributed by atoms with Crippen LogP contribution in [0.15, 0.2) is 36.4 Å². The number of hydrogen-bond donors (Lipinski definition) is 0. The van der Waals surface area contributed by atoms with Gasteiger partial charge in [0.1, 0.15) is 0 Å². The zero-order valence-electron chi connectivity index (χ0n) is 12.3. The van der Waals surface area contributed by atoms with Gasteiger partial charge in [-0.2, -0.15) is 0 Å². The van der Waals surface area contributed by atoms with Crippen LogP contribution in [0.1, 0.15) is 25.0 Å². The van der Waals surface area contributed by atoms with Crippen molar-refractivity contribution < 1.29 is 2.74 Å². The summed E-state index contributed by atoms with van der Waals surface area (Å²) in [5.74, 6) is 0. The van der Waals surface area contributed by atoms with Crippen molar-refractivity contribution in [2.24, 2.45) is 0 Å². The second-order valence-electron chi connectivity index (χ2n) is 4.51. The second-order valence-corrected chi connectivity index (χ2v) is 4.51. The molecule has 0 atom stereocenters. The Balaban J connectivity index is 2.77. The first kappa shape index (κ1) is 8.58. The molecule has 0 heterocycles. The van der Waals surface area contributed by atoms with Gasteiger partial charge in [0.05, 0.1) is 2.74 Å². The summed E-state index contributed by atoms with van der Waals surface area (Å²) in [6.07, 6.45) is 0.